The average molecular weight is 232 g/mol. The highest BCUT2D eigenvalue weighted by Gasteiger charge is 1.97. The first-order chi connectivity index (χ1) is 8.40. The van der Waals surface area contributed by atoms with Gasteiger partial charge in [-0.3, -0.25) is 0 Å². The summed E-state index contributed by atoms with van der Waals surface area (Å²) >= 11 is 0. The average Bonchev–Trinajstić information content (AvgIpc) is 2.81. The van der Waals surface area contributed by atoms with Crippen molar-refractivity contribution in [2.75, 3.05) is 20.1 Å². The molecule has 1 heterocycles. The van der Waals surface area contributed by atoms with E-state index in [0.717, 1.165) is 30.7 Å². The molecule has 0 amide bonds. The van der Waals surface area contributed by atoms with E-state index in [2.05, 4.69) is 38.8 Å². The maximum absolute atomic E-state index is 4.21. The second-order valence-corrected chi connectivity index (χ2v) is 4.24. The minimum Gasteiger partial charge on any atom is -0.345 e. The maximum Gasteiger partial charge on any atom is 0.0931 e. The van der Waals surface area contributed by atoms with E-state index in [4.69, 9.17) is 0 Å². The molecule has 0 aliphatic carbocycles. The van der Waals surface area contributed by atoms with Crippen LogP contribution >= 0.6 is 0 Å². The van der Waals surface area contributed by atoms with Crippen molar-refractivity contribution in [3.05, 3.63) is 30.1 Å². The second-order valence-electron chi connectivity index (χ2n) is 4.24. The Morgan fingerprint density at radius 1 is 1.24 bits per heavy atom. The molecule has 0 unspecified atom stereocenters. The fourth-order valence-corrected chi connectivity index (χ4v) is 1.88. The van der Waals surface area contributed by atoms with Gasteiger partial charge in [-0.1, -0.05) is 6.07 Å². The molecule has 0 atom stereocenters. The number of fused-ring (bicyclic) bond motifs is 1. The summed E-state index contributed by atoms with van der Waals surface area (Å²) in [6.07, 6.45) is 4.18. The van der Waals surface area contributed by atoms with Crippen LogP contribution in [0.4, 0.5) is 0 Å². The Hall–Kier alpha value is -1.39. The molecule has 0 spiro atoms. The van der Waals surface area contributed by atoms with Gasteiger partial charge in [0.2, 0.25) is 0 Å². The summed E-state index contributed by atoms with van der Waals surface area (Å²) in [6, 6.07) is 6.34. The normalized spacial score (nSPS) is 11.1. The van der Waals surface area contributed by atoms with Gasteiger partial charge in [0.05, 0.1) is 17.4 Å². The second kappa shape index (κ2) is 6.37. The number of aromatic nitrogens is 2. The van der Waals surface area contributed by atoms with Gasteiger partial charge in [0.25, 0.3) is 0 Å². The third-order valence-electron chi connectivity index (χ3n) is 2.84. The van der Waals surface area contributed by atoms with Crippen LogP contribution in [-0.2, 0) is 6.54 Å². The zero-order valence-corrected chi connectivity index (χ0v) is 10.3. The number of nitrogens with zero attached hydrogens (tertiary/aromatic N) is 1. The van der Waals surface area contributed by atoms with Gasteiger partial charge >= 0.3 is 0 Å². The lowest BCUT2D eigenvalue weighted by atomic mass is 10.2. The monoisotopic (exact) mass is 232 g/mol. The predicted octanol–water partition coefficient (Wildman–Crippen LogP) is 1.65. The SMILES string of the molecule is CNCCCCNCc1ccc2nc[nH]c2c1. The van der Waals surface area contributed by atoms with E-state index < -0.39 is 0 Å². The summed E-state index contributed by atoms with van der Waals surface area (Å²) in [4.78, 5) is 7.34. The number of aromatic amines is 1. The molecular weight excluding hydrogens is 212 g/mol. The van der Waals surface area contributed by atoms with Crippen LogP contribution in [0, 0.1) is 0 Å². The molecule has 1 aromatic carbocycles. The fraction of sp³-hybridized carbons (Fsp3) is 0.462. The van der Waals surface area contributed by atoms with Crippen LogP contribution in [0.25, 0.3) is 11.0 Å². The van der Waals surface area contributed by atoms with E-state index in [1.54, 1.807) is 6.33 Å². The van der Waals surface area contributed by atoms with E-state index in [-0.39, 0.29) is 0 Å². The maximum atomic E-state index is 4.21. The largest absolute Gasteiger partial charge is 0.345 e. The van der Waals surface area contributed by atoms with Gasteiger partial charge in [0, 0.05) is 6.54 Å². The first kappa shape index (κ1) is 12.1. The molecule has 2 rings (SSSR count). The number of imidazole rings is 1. The molecule has 0 saturated heterocycles. The summed E-state index contributed by atoms with van der Waals surface area (Å²) in [5.41, 5.74) is 3.44. The molecule has 4 nitrogen and oxygen atoms in total. The number of unbranched alkanes of at least 4 members (excludes halogenated alkanes) is 1. The molecule has 17 heavy (non-hydrogen) atoms. The fourth-order valence-electron chi connectivity index (χ4n) is 1.88. The lowest BCUT2D eigenvalue weighted by molar-refractivity contribution is 0.606. The van der Waals surface area contributed by atoms with Crippen molar-refractivity contribution in [2.24, 2.45) is 0 Å². The Balaban J connectivity index is 1.75. The van der Waals surface area contributed by atoms with Crippen LogP contribution in [0.1, 0.15) is 18.4 Å². The van der Waals surface area contributed by atoms with Crippen molar-refractivity contribution in [3.63, 3.8) is 0 Å². The smallest absolute Gasteiger partial charge is 0.0931 e. The minimum atomic E-state index is 0.925. The first-order valence-corrected chi connectivity index (χ1v) is 6.17. The highest BCUT2D eigenvalue weighted by Crippen LogP contribution is 2.11. The van der Waals surface area contributed by atoms with E-state index in [9.17, 15) is 0 Å². The molecule has 0 saturated carbocycles. The van der Waals surface area contributed by atoms with Crippen molar-refractivity contribution in [3.8, 4) is 0 Å². The Morgan fingerprint density at radius 2 is 2.12 bits per heavy atom. The first-order valence-electron chi connectivity index (χ1n) is 6.17. The molecule has 0 bridgehead atoms. The molecule has 0 aliphatic rings. The molecule has 4 heteroatoms. The summed E-state index contributed by atoms with van der Waals surface area (Å²) in [7, 11) is 1.99. The van der Waals surface area contributed by atoms with E-state index >= 15 is 0 Å². The van der Waals surface area contributed by atoms with Crippen LogP contribution < -0.4 is 10.6 Å². The number of nitrogens with one attached hydrogen (secondary N) is 3. The van der Waals surface area contributed by atoms with Crippen LogP contribution in [-0.4, -0.2) is 30.1 Å². The van der Waals surface area contributed by atoms with Gasteiger partial charge in [-0.25, -0.2) is 4.98 Å². The third kappa shape index (κ3) is 3.54. The Bertz CT molecular complexity index is 449. The molecule has 0 radical (unpaired) electrons. The summed E-state index contributed by atoms with van der Waals surface area (Å²) < 4.78 is 0. The molecule has 0 fully saturated rings. The number of benzene rings is 1. The van der Waals surface area contributed by atoms with Crippen LogP contribution in [0.3, 0.4) is 0 Å². The van der Waals surface area contributed by atoms with E-state index in [1.807, 2.05) is 7.05 Å². The number of hydrogen-bond acceptors (Lipinski definition) is 3. The van der Waals surface area contributed by atoms with Gasteiger partial charge in [-0.2, -0.15) is 0 Å². The van der Waals surface area contributed by atoms with Gasteiger partial charge in [-0.15, -0.1) is 0 Å². The third-order valence-corrected chi connectivity index (χ3v) is 2.84. The van der Waals surface area contributed by atoms with Gasteiger partial charge < -0.3 is 15.6 Å². The van der Waals surface area contributed by atoms with Crippen LogP contribution in [0.2, 0.25) is 0 Å². The Labute approximate surface area is 102 Å². The number of rotatable bonds is 7. The molecule has 2 aromatic rings. The number of H-pyrrole nitrogens is 1. The Morgan fingerprint density at radius 3 is 3.00 bits per heavy atom. The zero-order chi connectivity index (χ0) is 11.9. The van der Waals surface area contributed by atoms with Crippen LogP contribution in [0.5, 0.6) is 0 Å². The van der Waals surface area contributed by atoms with Crippen LogP contribution in [0.15, 0.2) is 24.5 Å². The van der Waals surface area contributed by atoms with E-state index in [1.165, 1.54) is 18.4 Å². The number of hydrogen-bond donors (Lipinski definition) is 3. The predicted molar refractivity (Wildman–Crippen MR) is 71.0 cm³/mol. The summed E-state index contributed by atoms with van der Waals surface area (Å²) in [5, 5.41) is 6.61. The van der Waals surface area contributed by atoms with Gasteiger partial charge in [0.1, 0.15) is 0 Å². The molecule has 1 aromatic heterocycles. The topological polar surface area (TPSA) is 52.7 Å². The zero-order valence-electron chi connectivity index (χ0n) is 10.3. The molecule has 0 aliphatic heterocycles. The lowest BCUT2D eigenvalue weighted by Gasteiger charge is -2.05. The molecule has 92 valence electrons. The highest BCUT2D eigenvalue weighted by atomic mass is 14.9. The molecular formula is C13H20N4. The van der Waals surface area contributed by atoms with Gasteiger partial charge in [-0.05, 0) is 50.7 Å². The molecule has 3 N–H and O–H groups in total. The summed E-state index contributed by atoms with van der Waals surface area (Å²) in [5.74, 6) is 0. The van der Waals surface area contributed by atoms with Crippen molar-refractivity contribution >= 4 is 11.0 Å². The standard InChI is InChI=1S/C13H20N4/c1-14-6-2-3-7-15-9-11-4-5-12-13(8-11)17-10-16-12/h4-5,8,10,14-15H,2-3,6-7,9H2,1H3,(H,16,17). The minimum absolute atomic E-state index is 0.925. The van der Waals surface area contributed by atoms with Crippen molar-refractivity contribution in [1.29, 1.82) is 0 Å². The summed E-state index contributed by atoms with van der Waals surface area (Å²) in [6.45, 7) is 3.10. The van der Waals surface area contributed by atoms with Crippen molar-refractivity contribution in [1.82, 2.24) is 20.6 Å². The van der Waals surface area contributed by atoms with Crippen molar-refractivity contribution < 1.29 is 0 Å². The quantitative estimate of drug-likeness (QED) is 0.636. The highest BCUT2D eigenvalue weighted by molar-refractivity contribution is 5.74. The van der Waals surface area contributed by atoms with Crippen molar-refractivity contribution in [2.45, 2.75) is 19.4 Å². The van der Waals surface area contributed by atoms with Gasteiger partial charge in [0.15, 0.2) is 0 Å². The Kier molecular flexibility index (Phi) is 4.53. The van der Waals surface area contributed by atoms with E-state index in [0.29, 0.717) is 0 Å². The lowest BCUT2D eigenvalue weighted by Crippen LogP contribution is -2.16.